The number of anilines is 1. The molecule has 0 fully saturated rings. The number of hydrogen-bond acceptors (Lipinski definition) is 2. The van der Waals surface area contributed by atoms with E-state index in [0.717, 1.165) is 28.8 Å². The Hall–Kier alpha value is -1.29. The average molecular weight is 320 g/mol. The van der Waals surface area contributed by atoms with E-state index in [1.165, 1.54) is 24.0 Å². The van der Waals surface area contributed by atoms with E-state index < -0.39 is 0 Å². The summed E-state index contributed by atoms with van der Waals surface area (Å²) in [6.07, 6.45) is 4.73. The number of nitrogens with two attached hydrogens (primary N) is 1. The van der Waals surface area contributed by atoms with Crippen LogP contribution < -0.4 is 5.73 Å². The second kappa shape index (κ2) is 5.00. The third kappa shape index (κ3) is 2.18. The molecular formula is C15H18BrN3. The zero-order valence-corrected chi connectivity index (χ0v) is 12.7. The van der Waals surface area contributed by atoms with E-state index in [2.05, 4.69) is 45.3 Å². The van der Waals surface area contributed by atoms with Crippen molar-refractivity contribution in [3.05, 3.63) is 45.6 Å². The fourth-order valence-corrected chi connectivity index (χ4v) is 3.19. The Kier molecular flexibility index (Phi) is 3.35. The van der Waals surface area contributed by atoms with Crippen LogP contribution in [-0.4, -0.2) is 9.78 Å². The molecule has 3 nitrogen and oxygen atoms in total. The van der Waals surface area contributed by atoms with Gasteiger partial charge in [0.1, 0.15) is 5.82 Å². The minimum Gasteiger partial charge on any atom is -0.383 e. The highest BCUT2D eigenvalue weighted by Gasteiger charge is 2.23. The number of halogens is 1. The molecule has 0 saturated carbocycles. The molecule has 2 N–H and O–H groups in total. The first kappa shape index (κ1) is 12.7. The summed E-state index contributed by atoms with van der Waals surface area (Å²) in [4.78, 5) is 0. The standard InChI is InChI=1S/C15H18BrN3/c1-10-14(16)15(17)19(18-10)13-9-5-3-7-11-6-2-4-8-12(11)13/h2,4,6,8,13H,3,5,7,9,17H2,1H3. The lowest BCUT2D eigenvalue weighted by Gasteiger charge is -2.19. The molecule has 0 saturated heterocycles. The molecule has 1 unspecified atom stereocenters. The van der Waals surface area contributed by atoms with E-state index in [9.17, 15) is 0 Å². The van der Waals surface area contributed by atoms with Gasteiger partial charge in [-0.2, -0.15) is 5.10 Å². The molecule has 1 aliphatic carbocycles. The molecule has 0 radical (unpaired) electrons. The summed E-state index contributed by atoms with van der Waals surface area (Å²) < 4.78 is 2.91. The number of nitrogen functional groups attached to an aromatic ring is 1. The van der Waals surface area contributed by atoms with E-state index in [-0.39, 0.29) is 6.04 Å². The van der Waals surface area contributed by atoms with Gasteiger partial charge < -0.3 is 5.73 Å². The molecule has 0 aliphatic heterocycles. The van der Waals surface area contributed by atoms with Gasteiger partial charge >= 0.3 is 0 Å². The summed E-state index contributed by atoms with van der Waals surface area (Å²) >= 11 is 3.52. The monoisotopic (exact) mass is 319 g/mol. The van der Waals surface area contributed by atoms with Crippen molar-refractivity contribution >= 4 is 21.7 Å². The Morgan fingerprint density at radius 1 is 1.32 bits per heavy atom. The van der Waals surface area contributed by atoms with Gasteiger partial charge in [-0.25, -0.2) is 4.68 Å². The van der Waals surface area contributed by atoms with Crippen LogP contribution in [0.2, 0.25) is 0 Å². The molecule has 100 valence electrons. The third-order valence-electron chi connectivity index (χ3n) is 3.93. The fourth-order valence-electron chi connectivity index (χ4n) is 2.93. The zero-order valence-electron chi connectivity index (χ0n) is 11.1. The Balaban J connectivity index is 2.11. The SMILES string of the molecule is Cc1nn(C2CCCCc3ccccc32)c(N)c1Br. The predicted molar refractivity (Wildman–Crippen MR) is 81.2 cm³/mol. The van der Waals surface area contributed by atoms with Crippen molar-refractivity contribution in [2.75, 3.05) is 5.73 Å². The van der Waals surface area contributed by atoms with Crippen LogP contribution in [0.15, 0.2) is 28.7 Å². The van der Waals surface area contributed by atoms with E-state index in [0.29, 0.717) is 0 Å². The zero-order chi connectivity index (χ0) is 13.4. The van der Waals surface area contributed by atoms with E-state index >= 15 is 0 Å². The number of nitrogens with zero attached hydrogens (tertiary/aromatic N) is 2. The molecule has 19 heavy (non-hydrogen) atoms. The van der Waals surface area contributed by atoms with Gasteiger partial charge in [0, 0.05) is 0 Å². The Labute approximate surface area is 121 Å². The van der Waals surface area contributed by atoms with Crippen LogP contribution in [0.5, 0.6) is 0 Å². The summed E-state index contributed by atoms with van der Waals surface area (Å²) in [6.45, 7) is 1.99. The van der Waals surface area contributed by atoms with Crippen LogP contribution in [0.4, 0.5) is 5.82 Å². The van der Waals surface area contributed by atoms with E-state index in [1.54, 1.807) is 0 Å². The number of aryl methyl sites for hydroxylation is 2. The first-order chi connectivity index (χ1) is 9.18. The third-order valence-corrected chi connectivity index (χ3v) is 4.91. The largest absolute Gasteiger partial charge is 0.383 e. The predicted octanol–water partition coefficient (Wildman–Crippen LogP) is 3.85. The topological polar surface area (TPSA) is 43.8 Å². The molecular weight excluding hydrogens is 302 g/mol. The van der Waals surface area contributed by atoms with E-state index in [1.807, 2.05) is 11.6 Å². The molecule has 1 aromatic carbocycles. The molecule has 0 amide bonds. The van der Waals surface area contributed by atoms with Gasteiger partial charge in [-0.1, -0.05) is 30.7 Å². The lowest BCUT2D eigenvalue weighted by molar-refractivity contribution is 0.484. The van der Waals surface area contributed by atoms with Crippen molar-refractivity contribution in [1.82, 2.24) is 9.78 Å². The number of fused-ring (bicyclic) bond motifs is 1. The van der Waals surface area contributed by atoms with Crippen molar-refractivity contribution in [1.29, 1.82) is 0 Å². The van der Waals surface area contributed by atoms with Crippen molar-refractivity contribution in [3.8, 4) is 0 Å². The Bertz CT molecular complexity index is 603. The van der Waals surface area contributed by atoms with E-state index in [4.69, 9.17) is 5.73 Å². The molecule has 4 heteroatoms. The maximum Gasteiger partial charge on any atom is 0.137 e. The summed E-state index contributed by atoms with van der Waals surface area (Å²) in [7, 11) is 0. The second-order valence-corrected chi connectivity index (χ2v) is 5.98. The Morgan fingerprint density at radius 2 is 2.11 bits per heavy atom. The van der Waals surface area contributed by atoms with Crippen LogP contribution in [0.25, 0.3) is 0 Å². The summed E-state index contributed by atoms with van der Waals surface area (Å²) in [5, 5.41) is 4.62. The van der Waals surface area contributed by atoms with Crippen LogP contribution in [-0.2, 0) is 6.42 Å². The number of benzene rings is 1. The molecule has 1 atom stereocenters. The smallest absolute Gasteiger partial charge is 0.137 e. The first-order valence-electron chi connectivity index (χ1n) is 6.76. The molecule has 1 heterocycles. The number of rotatable bonds is 1. The highest BCUT2D eigenvalue weighted by molar-refractivity contribution is 9.10. The molecule has 0 bridgehead atoms. The lowest BCUT2D eigenvalue weighted by atomic mass is 9.99. The number of aromatic nitrogens is 2. The molecule has 2 aromatic rings. The van der Waals surface area contributed by atoms with Crippen molar-refractivity contribution < 1.29 is 0 Å². The van der Waals surface area contributed by atoms with Gasteiger partial charge in [-0.3, -0.25) is 0 Å². The Morgan fingerprint density at radius 3 is 2.84 bits per heavy atom. The minimum absolute atomic E-state index is 0.267. The van der Waals surface area contributed by atoms with Crippen LogP contribution in [0.3, 0.4) is 0 Å². The quantitative estimate of drug-likeness (QED) is 0.811. The number of hydrogen-bond donors (Lipinski definition) is 1. The molecule has 1 aromatic heterocycles. The average Bonchev–Trinajstić information content (AvgIpc) is 2.61. The summed E-state index contributed by atoms with van der Waals surface area (Å²) in [5.41, 5.74) is 9.97. The van der Waals surface area contributed by atoms with Crippen LogP contribution >= 0.6 is 15.9 Å². The van der Waals surface area contributed by atoms with Crippen molar-refractivity contribution in [3.63, 3.8) is 0 Å². The normalized spacial score (nSPS) is 18.9. The second-order valence-electron chi connectivity index (χ2n) is 5.19. The summed E-state index contributed by atoms with van der Waals surface area (Å²) in [6, 6.07) is 8.95. The lowest BCUT2D eigenvalue weighted by Crippen LogP contribution is -2.15. The summed E-state index contributed by atoms with van der Waals surface area (Å²) in [5.74, 6) is 0.735. The van der Waals surface area contributed by atoms with Gasteiger partial charge in [0.25, 0.3) is 0 Å². The molecule has 3 rings (SSSR count). The fraction of sp³-hybridized carbons (Fsp3) is 0.400. The van der Waals surface area contributed by atoms with Crippen molar-refractivity contribution in [2.45, 2.75) is 38.6 Å². The van der Waals surface area contributed by atoms with Gasteiger partial charge in [0.05, 0.1) is 16.2 Å². The van der Waals surface area contributed by atoms with Crippen LogP contribution in [0.1, 0.15) is 42.1 Å². The first-order valence-corrected chi connectivity index (χ1v) is 7.55. The molecule has 0 spiro atoms. The van der Waals surface area contributed by atoms with Gasteiger partial charge in [-0.15, -0.1) is 0 Å². The maximum absolute atomic E-state index is 6.20. The highest BCUT2D eigenvalue weighted by Crippen LogP contribution is 2.35. The molecule has 1 aliphatic rings. The highest BCUT2D eigenvalue weighted by atomic mass is 79.9. The maximum atomic E-state index is 6.20. The van der Waals surface area contributed by atoms with Crippen LogP contribution in [0, 0.1) is 6.92 Å². The minimum atomic E-state index is 0.267. The van der Waals surface area contributed by atoms with Gasteiger partial charge in [-0.05, 0) is 53.2 Å². The van der Waals surface area contributed by atoms with Gasteiger partial charge in [0.2, 0.25) is 0 Å². The van der Waals surface area contributed by atoms with Gasteiger partial charge in [0.15, 0.2) is 0 Å². The van der Waals surface area contributed by atoms with Crippen molar-refractivity contribution in [2.24, 2.45) is 0 Å².